The molecule has 1 rings (SSSR count). The van der Waals surface area contributed by atoms with Crippen molar-refractivity contribution in [3.8, 4) is 11.8 Å². The molecule has 0 bridgehead atoms. The van der Waals surface area contributed by atoms with Gasteiger partial charge in [0.25, 0.3) is 0 Å². The summed E-state index contributed by atoms with van der Waals surface area (Å²) in [6.07, 6.45) is 7.53. The van der Waals surface area contributed by atoms with Crippen LogP contribution in [0.2, 0.25) is 5.02 Å². The molecule has 17 heavy (non-hydrogen) atoms. The molecule has 0 saturated heterocycles. The van der Waals surface area contributed by atoms with Crippen LogP contribution in [0, 0.1) is 18.8 Å². The molecule has 0 aliphatic rings. The van der Waals surface area contributed by atoms with Crippen molar-refractivity contribution in [2.75, 3.05) is 0 Å². The summed E-state index contributed by atoms with van der Waals surface area (Å²) in [5.41, 5.74) is 2.17. The molecule has 0 saturated carbocycles. The van der Waals surface area contributed by atoms with Crippen molar-refractivity contribution in [2.45, 2.75) is 52.4 Å². The van der Waals surface area contributed by atoms with Gasteiger partial charge in [0, 0.05) is 17.0 Å². The largest absolute Gasteiger partial charge is 0.0979 e. The van der Waals surface area contributed by atoms with Crippen LogP contribution in [0.4, 0.5) is 0 Å². The second-order valence-corrected chi connectivity index (χ2v) is 4.84. The van der Waals surface area contributed by atoms with E-state index >= 15 is 0 Å². The highest BCUT2D eigenvalue weighted by molar-refractivity contribution is 6.31. The molecule has 1 heteroatoms. The second kappa shape index (κ2) is 8.20. The van der Waals surface area contributed by atoms with Crippen LogP contribution in [0.3, 0.4) is 0 Å². The van der Waals surface area contributed by atoms with Gasteiger partial charge in [0.2, 0.25) is 0 Å². The average Bonchev–Trinajstić information content (AvgIpc) is 2.32. The van der Waals surface area contributed by atoms with Gasteiger partial charge in [-0.05, 0) is 37.1 Å². The Hall–Kier alpha value is -0.930. The Morgan fingerprint density at radius 2 is 1.88 bits per heavy atom. The minimum atomic E-state index is 0.815. The first-order valence-corrected chi connectivity index (χ1v) is 6.87. The van der Waals surface area contributed by atoms with Gasteiger partial charge in [-0.2, -0.15) is 0 Å². The number of benzene rings is 1. The first-order valence-electron chi connectivity index (χ1n) is 6.49. The summed E-state index contributed by atoms with van der Waals surface area (Å²) >= 11 is 5.96. The van der Waals surface area contributed by atoms with Gasteiger partial charge in [0.05, 0.1) is 0 Å². The van der Waals surface area contributed by atoms with Gasteiger partial charge in [-0.3, -0.25) is 0 Å². The third-order valence-electron chi connectivity index (χ3n) is 2.80. The quantitative estimate of drug-likeness (QED) is 0.486. The van der Waals surface area contributed by atoms with Gasteiger partial charge in [0.1, 0.15) is 0 Å². The van der Waals surface area contributed by atoms with E-state index in [0.29, 0.717) is 0 Å². The van der Waals surface area contributed by atoms with Gasteiger partial charge in [0.15, 0.2) is 0 Å². The van der Waals surface area contributed by atoms with E-state index in [-0.39, 0.29) is 0 Å². The van der Waals surface area contributed by atoms with Crippen LogP contribution >= 0.6 is 11.6 Å². The molecule has 0 spiro atoms. The number of aryl methyl sites for hydroxylation is 1. The van der Waals surface area contributed by atoms with Gasteiger partial charge in [-0.25, -0.2) is 0 Å². The van der Waals surface area contributed by atoms with Crippen molar-refractivity contribution < 1.29 is 0 Å². The van der Waals surface area contributed by atoms with Crippen molar-refractivity contribution in [1.82, 2.24) is 0 Å². The van der Waals surface area contributed by atoms with Crippen LogP contribution in [-0.4, -0.2) is 0 Å². The normalized spacial score (nSPS) is 9.82. The van der Waals surface area contributed by atoms with Crippen molar-refractivity contribution in [3.63, 3.8) is 0 Å². The van der Waals surface area contributed by atoms with E-state index in [4.69, 9.17) is 11.6 Å². The topological polar surface area (TPSA) is 0 Å². The van der Waals surface area contributed by atoms with Crippen LogP contribution in [0.25, 0.3) is 0 Å². The Kier molecular flexibility index (Phi) is 6.82. The molecule has 0 atom stereocenters. The van der Waals surface area contributed by atoms with Crippen molar-refractivity contribution in [1.29, 1.82) is 0 Å². The maximum absolute atomic E-state index is 5.96. The molecule has 92 valence electrons. The number of unbranched alkanes of at least 4 members (excludes halogenated alkanes) is 5. The molecule has 0 aromatic heterocycles. The zero-order chi connectivity index (χ0) is 12.5. The summed E-state index contributed by atoms with van der Waals surface area (Å²) in [7, 11) is 0. The summed E-state index contributed by atoms with van der Waals surface area (Å²) in [5, 5.41) is 0.815. The Morgan fingerprint density at radius 1 is 1.12 bits per heavy atom. The zero-order valence-electron chi connectivity index (χ0n) is 10.9. The fourth-order valence-corrected chi connectivity index (χ4v) is 1.82. The Bertz CT molecular complexity index is 396. The third-order valence-corrected chi connectivity index (χ3v) is 3.22. The minimum Gasteiger partial charge on any atom is -0.0979 e. The van der Waals surface area contributed by atoms with Gasteiger partial charge in [-0.1, -0.05) is 56.0 Å². The summed E-state index contributed by atoms with van der Waals surface area (Å²) in [6.45, 7) is 4.25. The van der Waals surface area contributed by atoms with E-state index in [1.54, 1.807) is 0 Å². The van der Waals surface area contributed by atoms with Gasteiger partial charge >= 0.3 is 0 Å². The lowest BCUT2D eigenvalue weighted by atomic mass is 10.1. The molecule has 0 fully saturated rings. The first kappa shape index (κ1) is 14.1. The van der Waals surface area contributed by atoms with Gasteiger partial charge in [-0.15, -0.1) is 0 Å². The smallest absolute Gasteiger partial charge is 0.0436 e. The van der Waals surface area contributed by atoms with Crippen LogP contribution in [0.5, 0.6) is 0 Å². The van der Waals surface area contributed by atoms with Crippen LogP contribution < -0.4 is 0 Å². The van der Waals surface area contributed by atoms with E-state index in [1.807, 2.05) is 25.1 Å². The fraction of sp³-hybridized carbons (Fsp3) is 0.500. The maximum atomic E-state index is 5.96. The zero-order valence-corrected chi connectivity index (χ0v) is 11.6. The van der Waals surface area contributed by atoms with E-state index in [1.165, 1.54) is 32.1 Å². The average molecular weight is 249 g/mol. The number of rotatable bonds is 5. The van der Waals surface area contributed by atoms with Crippen molar-refractivity contribution in [2.24, 2.45) is 0 Å². The van der Waals surface area contributed by atoms with Crippen LogP contribution in [-0.2, 0) is 0 Å². The van der Waals surface area contributed by atoms with E-state index in [2.05, 4.69) is 18.8 Å². The molecule has 0 aliphatic carbocycles. The molecule has 0 aliphatic heterocycles. The van der Waals surface area contributed by atoms with E-state index in [9.17, 15) is 0 Å². The van der Waals surface area contributed by atoms with Crippen LogP contribution in [0.1, 0.15) is 56.6 Å². The lowest BCUT2D eigenvalue weighted by Crippen LogP contribution is -1.79. The van der Waals surface area contributed by atoms with Crippen molar-refractivity contribution in [3.05, 3.63) is 34.3 Å². The molecule has 0 nitrogen and oxygen atoms in total. The first-order chi connectivity index (χ1) is 8.24. The molecule has 1 aromatic rings. The number of halogens is 1. The predicted octanol–water partition coefficient (Wildman–Crippen LogP) is 5.36. The maximum Gasteiger partial charge on any atom is 0.0436 e. The molecular weight excluding hydrogens is 228 g/mol. The molecule has 0 heterocycles. The summed E-state index contributed by atoms with van der Waals surface area (Å²) in [5.74, 6) is 6.43. The minimum absolute atomic E-state index is 0.815. The van der Waals surface area contributed by atoms with E-state index < -0.39 is 0 Å². The molecule has 0 amide bonds. The Morgan fingerprint density at radius 3 is 2.59 bits per heavy atom. The lowest BCUT2D eigenvalue weighted by molar-refractivity contribution is 0.641. The fourth-order valence-electron chi connectivity index (χ4n) is 1.70. The third kappa shape index (κ3) is 5.80. The molecule has 1 aromatic carbocycles. The highest BCUT2D eigenvalue weighted by Gasteiger charge is 1.94. The summed E-state index contributed by atoms with van der Waals surface area (Å²) in [6, 6.07) is 5.95. The summed E-state index contributed by atoms with van der Waals surface area (Å²) < 4.78 is 0. The Labute approximate surface area is 110 Å². The second-order valence-electron chi connectivity index (χ2n) is 4.43. The number of hydrogen-bond donors (Lipinski definition) is 0. The Balaban J connectivity index is 2.31. The monoisotopic (exact) mass is 248 g/mol. The predicted molar refractivity (Wildman–Crippen MR) is 76.4 cm³/mol. The lowest BCUT2D eigenvalue weighted by Gasteiger charge is -1.97. The van der Waals surface area contributed by atoms with Gasteiger partial charge < -0.3 is 0 Å². The molecule has 0 unspecified atom stereocenters. The highest BCUT2D eigenvalue weighted by Crippen LogP contribution is 2.15. The molecule has 0 radical (unpaired) electrons. The molecule has 0 N–H and O–H groups in total. The van der Waals surface area contributed by atoms with E-state index in [0.717, 1.165) is 22.6 Å². The standard InChI is InChI=1S/C16H21Cl/c1-3-4-5-6-7-8-9-10-15-11-12-16(17)14(2)13-15/h11-13H,3-8H2,1-2H3. The van der Waals surface area contributed by atoms with Crippen molar-refractivity contribution >= 4 is 11.6 Å². The summed E-state index contributed by atoms with van der Waals surface area (Å²) in [4.78, 5) is 0. The number of hydrogen-bond acceptors (Lipinski definition) is 0. The highest BCUT2D eigenvalue weighted by atomic mass is 35.5. The van der Waals surface area contributed by atoms with Crippen LogP contribution in [0.15, 0.2) is 18.2 Å². The SMILES string of the molecule is CCCCCCCC#Cc1ccc(Cl)c(C)c1. The molecular formula is C16H21Cl.